The van der Waals surface area contributed by atoms with Crippen LogP contribution in [0.4, 0.5) is 10.1 Å². The van der Waals surface area contributed by atoms with Crippen molar-refractivity contribution in [3.8, 4) is 5.75 Å². The number of hydrogen-bond donors (Lipinski definition) is 1. The molecule has 1 aliphatic heterocycles. The van der Waals surface area contributed by atoms with Crippen LogP contribution in [0.25, 0.3) is 5.76 Å². The minimum atomic E-state index is -1.11. The van der Waals surface area contributed by atoms with Gasteiger partial charge < -0.3 is 9.84 Å². The highest BCUT2D eigenvalue weighted by atomic mass is 19.1. The largest absolute Gasteiger partial charge is 0.507 e. The molecule has 1 unspecified atom stereocenters. The molecular formula is C24H18FNO4. The first-order valence-electron chi connectivity index (χ1n) is 9.28. The standard InChI is InChI=1S/C24H18FNO4/c1-30-17-11-7-8-15(14-17)22(27)20-21(18-12-5-6-13-19(18)25)26(24(29)23(20)28)16-9-3-2-4-10-16/h2-14,21,27H,1H3/b22-20-. The summed E-state index contributed by atoms with van der Waals surface area (Å²) in [6, 6.07) is 19.8. The van der Waals surface area contributed by atoms with Crippen molar-refractivity contribution in [3.05, 3.63) is 101 Å². The van der Waals surface area contributed by atoms with E-state index in [4.69, 9.17) is 4.74 Å². The first kappa shape index (κ1) is 19.4. The SMILES string of the molecule is COc1cccc(/C(O)=C2/C(=O)C(=O)N(c3ccccc3)C2c2ccccc2F)c1. The molecule has 1 atom stereocenters. The molecule has 3 aromatic carbocycles. The number of carbonyl (C=O) groups excluding carboxylic acids is 2. The fourth-order valence-corrected chi connectivity index (χ4v) is 3.60. The fraction of sp³-hybridized carbons (Fsp3) is 0.0833. The molecule has 30 heavy (non-hydrogen) atoms. The first-order valence-corrected chi connectivity index (χ1v) is 9.28. The third-order valence-corrected chi connectivity index (χ3v) is 5.02. The normalized spacial score (nSPS) is 17.9. The van der Waals surface area contributed by atoms with Gasteiger partial charge >= 0.3 is 0 Å². The highest BCUT2D eigenvalue weighted by Gasteiger charge is 2.47. The number of aliphatic hydroxyl groups is 1. The molecule has 1 N–H and O–H groups in total. The molecule has 0 spiro atoms. The number of rotatable bonds is 4. The van der Waals surface area contributed by atoms with Crippen LogP contribution < -0.4 is 9.64 Å². The highest BCUT2D eigenvalue weighted by molar-refractivity contribution is 6.51. The van der Waals surface area contributed by atoms with Crippen molar-refractivity contribution in [3.63, 3.8) is 0 Å². The average molecular weight is 403 g/mol. The molecule has 0 aliphatic carbocycles. The first-order chi connectivity index (χ1) is 14.5. The van der Waals surface area contributed by atoms with Gasteiger partial charge in [0.1, 0.15) is 17.3 Å². The van der Waals surface area contributed by atoms with E-state index in [-0.39, 0.29) is 16.9 Å². The van der Waals surface area contributed by atoms with Gasteiger partial charge in [0.2, 0.25) is 0 Å². The van der Waals surface area contributed by atoms with Crippen LogP contribution in [-0.4, -0.2) is 23.9 Å². The highest BCUT2D eigenvalue weighted by Crippen LogP contribution is 2.42. The molecule has 0 saturated carbocycles. The van der Waals surface area contributed by atoms with Crippen LogP contribution in [0.15, 0.2) is 84.4 Å². The molecule has 0 bridgehead atoms. The van der Waals surface area contributed by atoms with Gasteiger partial charge in [-0.25, -0.2) is 4.39 Å². The smallest absolute Gasteiger partial charge is 0.300 e. The maximum absolute atomic E-state index is 14.8. The summed E-state index contributed by atoms with van der Waals surface area (Å²) in [5, 5.41) is 11.0. The third-order valence-electron chi connectivity index (χ3n) is 5.02. The second-order valence-electron chi connectivity index (χ2n) is 6.76. The van der Waals surface area contributed by atoms with Gasteiger partial charge in [0.05, 0.1) is 18.7 Å². The zero-order valence-electron chi connectivity index (χ0n) is 16.1. The Morgan fingerprint density at radius 1 is 0.967 bits per heavy atom. The number of benzene rings is 3. The van der Waals surface area contributed by atoms with Crippen molar-refractivity contribution in [2.75, 3.05) is 12.0 Å². The minimum absolute atomic E-state index is 0.116. The van der Waals surface area contributed by atoms with Crippen molar-refractivity contribution in [2.24, 2.45) is 0 Å². The lowest BCUT2D eigenvalue weighted by Gasteiger charge is -2.25. The van der Waals surface area contributed by atoms with Gasteiger partial charge in [-0.05, 0) is 30.3 Å². The van der Waals surface area contributed by atoms with E-state index in [1.54, 1.807) is 60.7 Å². The van der Waals surface area contributed by atoms with E-state index in [1.807, 2.05) is 0 Å². The van der Waals surface area contributed by atoms with Gasteiger partial charge in [-0.3, -0.25) is 14.5 Å². The molecule has 0 radical (unpaired) electrons. The number of Topliss-reactive ketones (excluding diaryl/α,β-unsaturated/α-hetero) is 1. The molecule has 5 nitrogen and oxygen atoms in total. The van der Waals surface area contributed by atoms with E-state index in [1.165, 1.54) is 30.2 Å². The number of amides is 1. The van der Waals surface area contributed by atoms with E-state index in [2.05, 4.69) is 0 Å². The number of ether oxygens (including phenoxy) is 1. The number of ketones is 1. The number of para-hydroxylation sites is 1. The van der Waals surface area contributed by atoms with Gasteiger partial charge in [0.15, 0.2) is 0 Å². The summed E-state index contributed by atoms with van der Waals surface area (Å²) in [4.78, 5) is 27.2. The summed E-state index contributed by atoms with van der Waals surface area (Å²) in [5.41, 5.74) is 0.659. The zero-order valence-corrected chi connectivity index (χ0v) is 16.1. The summed E-state index contributed by atoms with van der Waals surface area (Å²) >= 11 is 0. The van der Waals surface area contributed by atoms with Crippen LogP contribution in [0, 0.1) is 5.82 Å². The van der Waals surface area contributed by atoms with Gasteiger partial charge in [-0.15, -0.1) is 0 Å². The summed E-state index contributed by atoms with van der Waals surface area (Å²) in [5.74, 6) is -2.22. The molecule has 1 saturated heterocycles. The van der Waals surface area contributed by atoms with Gasteiger partial charge in [-0.1, -0.05) is 48.5 Å². The second kappa shape index (κ2) is 7.83. The molecule has 1 amide bonds. The zero-order chi connectivity index (χ0) is 21.3. The average Bonchev–Trinajstić information content (AvgIpc) is 3.04. The predicted molar refractivity (Wildman–Crippen MR) is 111 cm³/mol. The lowest BCUT2D eigenvalue weighted by atomic mass is 9.94. The predicted octanol–water partition coefficient (Wildman–Crippen LogP) is 4.46. The Morgan fingerprint density at radius 3 is 2.37 bits per heavy atom. The van der Waals surface area contributed by atoms with Gasteiger partial charge in [-0.2, -0.15) is 0 Å². The maximum atomic E-state index is 14.8. The van der Waals surface area contributed by atoms with E-state index >= 15 is 0 Å². The lowest BCUT2D eigenvalue weighted by molar-refractivity contribution is -0.132. The Morgan fingerprint density at radius 2 is 1.67 bits per heavy atom. The quantitative estimate of drug-likeness (QED) is 0.397. The Hall–Kier alpha value is -3.93. The molecule has 150 valence electrons. The van der Waals surface area contributed by atoms with Crippen LogP contribution in [0.5, 0.6) is 5.75 Å². The maximum Gasteiger partial charge on any atom is 0.300 e. The van der Waals surface area contributed by atoms with Crippen LogP contribution in [0.3, 0.4) is 0 Å². The van der Waals surface area contributed by atoms with Crippen molar-refractivity contribution >= 4 is 23.1 Å². The minimum Gasteiger partial charge on any atom is -0.507 e. The topological polar surface area (TPSA) is 66.8 Å². The molecule has 4 rings (SSSR count). The summed E-state index contributed by atoms with van der Waals surface area (Å²) in [6.07, 6.45) is 0. The Kier molecular flexibility index (Phi) is 5.06. The molecule has 3 aromatic rings. The van der Waals surface area contributed by atoms with Crippen molar-refractivity contribution in [2.45, 2.75) is 6.04 Å². The van der Waals surface area contributed by atoms with E-state index in [0.717, 1.165) is 0 Å². The molecule has 6 heteroatoms. The van der Waals surface area contributed by atoms with Crippen molar-refractivity contribution < 1.29 is 23.8 Å². The van der Waals surface area contributed by atoms with Crippen LogP contribution in [0.1, 0.15) is 17.2 Å². The monoisotopic (exact) mass is 403 g/mol. The van der Waals surface area contributed by atoms with Crippen molar-refractivity contribution in [1.82, 2.24) is 0 Å². The number of methoxy groups -OCH3 is 1. The number of anilines is 1. The van der Waals surface area contributed by atoms with Crippen LogP contribution in [-0.2, 0) is 9.59 Å². The van der Waals surface area contributed by atoms with Gasteiger partial charge in [0, 0.05) is 16.8 Å². The lowest BCUT2D eigenvalue weighted by Crippen LogP contribution is -2.29. The molecule has 0 aromatic heterocycles. The molecule has 1 aliphatic rings. The number of carbonyl (C=O) groups is 2. The number of halogens is 1. The summed E-state index contributed by atoms with van der Waals surface area (Å²) in [7, 11) is 1.48. The Balaban J connectivity index is 1.97. The summed E-state index contributed by atoms with van der Waals surface area (Å²) < 4.78 is 19.9. The second-order valence-corrected chi connectivity index (χ2v) is 6.76. The van der Waals surface area contributed by atoms with Crippen molar-refractivity contribution in [1.29, 1.82) is 0 Å². The number of hydrogen-bond acceptors (Lipinski definition) is 4. The Bertz CT molecular complexity index is 1160. The van der Waals surface area contributed by atoms with Gasteiger partial charge in [0.25, 0.3) is 11.7 Å². The summed E-state index contributed by atoms with van der Waals surface area (Å²) in [6.45, 7) is 0. The fourth-order valence-electron chi connectivity index (χ4n) is 3.60. The number of aliphatic hydroxyl groups excluding tert-OH is 1. The van der Waals surface area contributed by atoms with E-state index in [0.29, 0.717) is 17.0 Å². The number of nitrogens with zero attached hydrogens (tertiary/aromatic N) is 1. The Labute approximate surface area is 172 Å². The van der Waals surface area contributed by atoms with E-state index < -0.39 is 23.5 Å². The van der Waals surface area contributed by atoms with Crippen LogP contribution in [0.2, 0.25) is 0 Å². The molecular weight excluding hydrogens is 385 g/mol. The van der Waals surface area contributed by atoms with Crippen LogP contribution >= 0.6 is 0 Å². The third kappa shape index (κ3) is 3.22. The molecule has 1 fully saturated rings. The van der Waals surface area contributed by atoms with E-state index in [9.17, 15) is 19.1 Å². The molecule has 1 heterocycles.